The maximum Gasteiger partial charge on any atom is 0.321 e. The second-order valence-electron chi connectivity index (χ2n) is 6.39. The Morgan fingerprint density at radius 3 is 3.00 bits per heavy atom. The van der Waals surface area contributed by atoms with Gasteiger partial charge in [-0.25, -0.2) is 14.2 Å². The van der Waals surface area contributed by atoms with Crippen LogP contribution in [0.15, 0.2) is 41.2 Å². The molecule has 0 radical (unpaired) electrons. The summed E-state index contributed by atoms with van der Waals surface area (Å²) in [4.78, 5) is 16.7. The summed E-state index contributed by atoms with van der Waals surface area (Å²) in [5, 5.41) is 9.43. The molecule has 134 valence electrons. The van der Waals surface area contributed by atoms with Crippen molar-refractivity contribution in [1.82, 2.24) is 20.0 Å². The van der Waals surface area contributed by atoms with Gasteiger partial charge in [0.25, 0.3) is 0 Å². The zero-order valence-electron chi connectivity index (χ0n) is 14.4. The molecule has 2 atom stereocenters. The van der Waals surface area contributed by atoms with Crippen LogP contribution in [0, 0.1) is 12.7 Å². The minimum absolute atomic E-state index is 0.168. The van der Waals surface area contributed by atoms with Gasteiger partial charge in [-0.2, -0.15) is 0 Å². The largest absolute Gasteiger partial charge is 0.354 e. The van der Waals surface area contributed by atoms with Crippen molar-refractivity contribution in [3.8, 4) is 11.3 Å². The van der Waals surface area contributed by atoms with Crippen molar-refractivity contribution >= 4 is 11.8 Å². The van der Waals surface area contributed by atoms with E-state index in [-0.39, 0.29) is 17.9 Å². The van der Waals surface area contributed by atoms with Crippen molar-refractivity contribution in [2.45, 2.75) is 32.4 Å². The second-order valence-corrected chi connectivity index (χ2v) is 6.39. The summed E-state index contributed by atoms with van der Waals surface area (Å²) in [6.07, 6.45) is 4.40. The fourth-order valence-corrected chi connectivity index (χ4v) is 3.30. The molecule has 2 amide bonds. The number of carbonyl (C=O) groups is 1. The molecular weight excluding hydrogens is 337 g/mol. The summed E-state index contributed by atoms with van der Waals surface area (Å²) in [6.45, 7) is 3.80. The van der Waals surface area contributed by atoms with Crippen LogP contribution in [-0.4, -0.2) is 20.7 Å². The molecule has 1 aliphatic rings. The van der Waals surface area contributed by atoms with Crippen LogP contribution in [0.5, 0.6) is 0 Å². The third-order valence-electron chi connectivity index (χ3n) is 4.64. The number of fused-ring (bicyclic) bond motifs is 1. The average Bonchev–Trinajstić information content (AvgIpc) is 3.29. The van der Waals surface area contributed by atoms with Crippen molar-refractivity contribution in [2.24, 2.45) is 0 Å². The Morgan fingerprint density at radius 2 is 2.19 bits per heavy atom. The third kappa shape index (κ3) is 2.73. The molecule has 0 spiro atoms. The van der Waals surface area contributed by atoms with Gasteiger partial charge in [-0.15, -0.1) is 0 Å². The van der Waals surface area contributed by atoms with Gasteiger partial charge in [0.05, 0.1) is 11.6 Å². The second kappa shape index (κ2) is 6.29. The number of aromatic nitrogens is 3. The van der Waals surface area contributed by atoms with Gasteiger partial charge in [-0.1, -0.05) is 17.3 Å². The Labute approximate surface area is 149 Å². The number of nitrogens with zero attached hydrogens (tertiary/aromatic N) is 3. The van der Waals surface area contributed by atoms with Gasteiger partial charge in [-0.05, 0) is 32.4 Å². The first-order valence-corrected chi connectivity index (χ1v) is 8.36. The van der Waals surface area contributed by atoms with Gasteiger partial charge >= 0.3 is 6.03 Å². The Balaban J connectivity index is 1.49. The molecule has 2 aromatic heterocycles. The summed E-state index contributed by atoms with van der Waals surface area (Å²) < 4.78 is 21.2. The normalized spacial score (nSPS) is 18.6. The van der Waals surface area contributed by atoms with E-state index in [9.17, 15) is 9.18 Å². The lowest BCUT2D eigenvalue weighted by Crippen LogP contribution is -2.32. The number of nitrogens with one attached hydrogen (secondary N) is 2. The SMILES string of the molecule is Cc1c(NC(=O)NC2CC(C)n3ccnc32)noc1-c1ccccc1F. The highest BCUT2D eigenvalue weighted by atomic mass is 19.1. The molecule has 0 saturated heterocycles. The topological polar surface area (TPSA) is 85.0 Å². The van der Waals surface area contributed by atoms with Crippen molar-refractivity contribution in [3.05, 3.63) is 53.9 Å². The quantitative estimate of drug-likeness (QED) is 0.748. The minimum atomic E-state index is -0.408. The summed E-state index contributed by atoms with van der Waals surface area (Å²) >= 11 is 0. The van der Waals surface area contributed by atoms with E-state index >= 15 is 0 Å². The summed E-state index contributed by atoms with van der Waals surface area (Å²) in [6, 6.07) is 5.97. The van der Waals surface area contributed by atoms with Crippen LogP contribution < -0.4 is 10.6 Å². The van der Waals surface area contributed by atoms with Gasteiger partial charge < -0.3 is 14.4 Å². The highest BCUT2D eigenvalue weighted by molar-refractivity contribution is 5.90. The van der Waals surface area contributed by atoms with Crippen molar-refractivity contribution in [1.29, 1.82) is 0 Å². The Morgan fingerprint density at radius 1 is 1.38 bits per heavy atom. The lowest BCUT2D eigenvalue weighted by Gasteiger charge is -2.11. The zero-order valence-corrected chi connectivity index (χ0v) is 14.4. The predicted octanol–water partition coefficient (Wildman–Crippen LogP) is 3.81. The molecule has 4 rings (SSSR count). The monoisotopic (exact) mass is 355 g/mol. The number of carbonyl (C=O) groups excluding carboxylic acids is 1. The number of amides is 2. The van der Waals surface area contributed by atoms with E-state index in [1.54, 1.807) is 31.3 Å². The van der Waals surface area contributed by atoms with Gasteiger partial charge in [0, 0.05) is 24.0 Å². The molecule has 7 nitrogen and oxygen atoms in total. The lowest BCUT2D eigenvalue weighted by atomic mass is 10.1. The van der Waals surface area contributed by atoms with Crippen LogP contribution in [0.3, 0.4) is 0 Å². The van der Waals surface area contributed by atoms with Gasteiger partial charge in [0.15, 0.2) is 11.6 Å². The number of hydrogen-bond acceptors (Lipinski definition) is 4. The maximum atomic E-state index is 13.9. The fraction of sp³-hybridized carbons (Fsp3) is 0.278. The van der Waals surface area contributed by atoms with Crippen LogP contribution in [0.1, 0.15) is 36.8 Å². The Hall–Kier alpha value is -3.16. The number of benzene rings is 1. The number of hydrogen-bond donors (Lipinski definition) is 2. The molecule has 3 aromatic rings. The molecule has 2 unspecified atom stereocenters. The van der Waals surface area contributed by atoms with Crippen LogP contribution in [-0.2, 0) is 0 Å². The highest BCUT2D eigenvalue weighted by Gasteiger charge is 2.30. The van der Waals surface area contributed by atoms with E-state index in [2.05, 4.69) is 27.7 Å². The molecule has 8 heteroatoms. The first-order valence-electron chi connectivity index (χ1n) is 8.36. The van der Waals surface area contributed by atoms with E-state index in [1.807, 2.05) is 10.8 Å². The van der Waals surface area contributed by atoms with Crippen molar-refractivity contribution in [3.63, 3.8) is 0 Å². The van der Waals surface area contributed by atoms with E-state index in [0.717, 1.165) is 12.2 Å². The average molecular weight is 355 g/mol. The van der Waals surface area contributed by atoms with Crippen LogP contribution >= 0.6 is 0 Å². The zero-order chi connectivity index (χ0) is 18.3. The fourth-order valence-electron chi connectivity index (χ4n) is 3.30. The summed E-state index contributed by atoms with van der Waals surface area (Å²) in [5.41, 5.74) is 0.865. The van der Waals surface area contributed by atoms with E-state index in [0.29, 0.717) is 16.9 Å². The standard InChI is InChI=1S/C18H18FN5O2/c1-10-9-14(17-20-7-8-24(10)17)21-18(25)22-16-11(2)15(26-23-16)12-5-3-4-6-13(12)19/h3-8,10,14H,9H2,1-2H3,(H2,21,22,23,25). The summed E-state index contributed by atoms with van der Waals surface area (Å²) in [7, 11) is 0. The van der Waals surface area contributed by atoms with Crippen molar-refractivity contribution < 1.29 is 13.7 Å². The summed E-state index contributed by atoms with van der Waals surface area (Å²) in [5.74, 6) is 0.977. The molecule has 0 bridgehead atoms. The smallest absolute Gasteiger partial charge is 0.321 e. The molecule has 0 aliphatic carbocycles. The highest BCUT2D eigenvalue weighted by Crippen LogP contribution is 2.33. The molecule has 1 aliphatic heterocycles. The van der Waals surface area contributed by atoms with Crippen molar-refractivity contribution in [2.75, 3.05) is 5.32 Å². The van der Waals surface area contributed by atoms with Gasteiger partial charge in [0.2, 0.25) is 0 Å². The predicted molar refractivity (Wildman–Crippen MR) is 93.1 cm³/mol. The third-order valence-corrected chi connectivity index (χ3v) is 4.64. The Kier molecular flexibility index (Phi) is 3.95. The van der Waals surface area contributed by atoms with E-state index < -0.39 is 11.8 Å². The molecule has 26 heavy (non-hydrogen) atoms. The number of urea groups is 1. The van der Waals surface area contributed by atoms with Crippen LogP contribution in [0.25, 0.3) is 11.3 Å². The molecule has 0 saturated carbocycles. The molecule has 3 heterocycles. The number of rotatable bonds is 3. The molecule has 0 fully saturated rings. The first-order chi connectivity index (χ1) is 12.5. The number of imidazole rings is 1. The Bertz CT molecular complexity index is 964. The van der Waals surface area contributed by atoms with E-state index in [4.69, 9.17) is 4.52 Å². The molecular formula is C18H18FN5O2. The molecule has 1 aromatic carbocycles. The first kappa shape index (κ1) is 16.3. The number of anilines is 1. The van der Waals surface area contributed by atoms with Crippen LogP contribution in [0.2, 0.25) is 0 Å². The molecule has 2 N–H and O–H groups in total. The maximum absolute atomic E-state index is 13.9. The van der Waals surface area contributed by atoms with Crippen LogP contribution in [0.4, 0.5) is 15.0 Å². The van der Waals surface area contributed by atoms with Gasteiger partial charge in [0.1, 0.15) is 11.6 Å². The van der Waals surface area contributed by atoms with Gasteiger partial charge in [-0.3, -0.25) is 5.32 Å². The van der Waals surface area contributed by atoms with E-state index in [1.165, 1.54) is 6.07 Å². The lowest BCUT2D eigenvalue weighted by molar-refractivity contribution is 0.247. The minimum Gasteiger partial charge on any atom is -0.354 e. The number of halogens is 1.